The van der Waals surface area contributed by atoms with E-state index in [0.717, 1.165) is 4.90 Å². The number of methoxy groups -OCH3 is 1. The van der Waals surface area contributed by atoms with Crippen molar-refractivity contribution in [1.29, 1.82) is 0 Å². The molecular weight excluding hydrogens is 252 g/mol. The Balaban J connectivity index is 2.55. The molecule has 2 aromatic heterocycles. The van der Waals surface area contributed by atoms with Gasteiger partial charge in [-0.25, -0.2) is 24.6 Å². The van der Waals surface area contributed by atoms with Gasteiger partial charge in [0.25, 0.3) is 0 Å². The van der Waals surface area contributed by atoms with Crippen LogP contribution >= 0.6 is 0 Å². The molecule has 9 heteroatoms. The predicted octanol–water partition coefficient (Wildman–Crippen LogP) is 0.203. The maximum atomic E-state index is 11.6. The molecule has 19 heavy (non-hydrogen) atoms. The Bertz CT molecular complexity index is 597. The number of rotatable bonds is 3. The zero-order valence-corrected chi connectivity index (χ0v) is 9.90. The highest BCUT2D eigenvalue weighted by Gasteiger charge is 2.25. The Kier molecular flexibility index (Phi) is 3.37. The van der Waals surface area contributed by atoms with Gasteiger partial charge in [-0.3, -0.25) is 0 Å². The van der Waals surface area contributed by atoms with Crippen LogP contribution in [0, 0.1) is 0 Å². The molecule has 0 saturated carbocycles. The molecule has 0 aliphatic carbocycles. The summed E-state index contributed by atoms with van der Waals surface area (Å²) in [5.74, 6) is -0.580. The van der Waals surface area contributed by atoms with E-state index in [1.54, 1.807) is 0 Å². The molecule has 9 nitrogen and oxygen atoms in total. The van der Waals surface area contributed by atoms with E-state index in [1.807, 2.05) is 0 Å². The third kappa shape index (κ3) is 2.34. The number of nitrogens with one attached hydrogen (secondary N) is 1. The topological polar surface area (TPSA) is 127 Å². The standard InChI is InChI=1S/C10H10N6O3/c1-19-8(17)6-3-2-4-12-7(6)16(9(11)18)10-13-5-14-15-10/h2-5H,1H3,(H2,11,18)(H,13,14,15). The van der Waals surface area contributed by atoms with Crippen molar-refractivity contribution in [3.05, 3.63) is 30.2 Å². The minimum absolute atomic E-state index is 0.0126. The predicted molar refractivity (Wildman–Crippen MR) is 63.7 cm³/mol. The van der Waals surface area contributed by atoms with Crippen LogP contribution in [0.25, 0.3) is 0 Å². The molecule has 0 bridgehead atoms. The molecule has 2 rings (SSSR count). The van der Waals surface area contributed by atoms with Crippen LogP contribution in [0.4, 0.5) is 16.6 Å². The number of carbonyl (C=O) groups is 2. The first kappa shape index (κ1) is 12.5. The second-order valence-corrected chi connectivity index (χ2v) is 3.35. The largest absolute Gasteiger partial charge is 0.465 e. The Labute approximate surface area is 107 Å². The molecule has 2 heterocycles. The zero-order chi connectivity index (χ0) is 13.8. The van der Waals surface area contributed by atoms with E-state index in [-0.39, 0.29) is 17.3 Å². The van der Waals surface area contributed by atoms with E-state index in [4.69, 9.17) is 5.73 Å². The van der Waals surface area contributed by atoms with Gasteiger partial charge >= 0.3 is 12.0 Å². The highest BCUT2D eigenvalue weighted by atomic mass is 16.5. The van der Waals surface area contributed by atoms with E-state index in [2.05, 4.69) is 24.9 Å². The lowest BCUT2D eigenvalue weighted by atomic mass is 10.2. The fourth-order valence-corrected chi connectivity index (χ4v) is 1.46. The molecular formula is C10H10N6O3. The Morgan fingerprint density at radius 3 is 2.79 bits per heavy atom. The SMILES string of the molecule is COC(=O)c1cccnc1N(C(N)=O)c1ncn[nH]1. The summed E-state index contributed by atoms with van der Waals surface area (Å²) in [6.45, 7) is 0. The second-order valence-electron chi connectivity index (χ2n) is 3.35. The van der Waals surface area contributed by atoms with Gasteiger partial charge in [-0.15, -0.1) is 0 Å². The number of carbonyl (C=O) groups excluding carboxylic acids is 2. The maximum absolute atomic E-state index is 11.6. The first-order chi connectivity index (χ1) is 9.15. The van der Waals surface area contributed by atoms with E-state index >= 15 is 0 Å². The van der Waals surface area contributed by atoms with E-state index in [0.29, 0.717) is 0 Å². The van der Waals surface area contributed by atoms with Gasteiger partial charge in [-0.1, -0.05) is 0 Å². The molecule has 2 aromatic rings. The third-order valence-corrected chi connectivity index (χ3v) is 2.24. The van der Waals surface area contributed by atoms with Crippen LogP contribution in [0.15, 0.2) is 24.7 Å². The van der Waals surface area contributed by atoms with Crippen molar-refractivity contribution in [1.82, 2.24) is 20.2 Å². The molecule has 0 aliphatic rings. The van der Waals surface area contributed by atoms with Crippen LogP contribution in [0.3, 0.4) is 0 Å². The lowest BCUT2D eigenvalue weighted by Gasteiger charge is -2.17. The first-order valence-corrected chi connectivity index (χ1v) is 5.13. The second kappa shape index (κ2) is 5.12. The number of primary amides is 1. The van der Waals surface area contributed by atoms with Crippen LogP contribution in [0.2, 0.25) is 0 Å². The number of nitrogens with two attached hydrogens (primary N) is 1. The van der Waals surface area contributed by atoms with Gasteiger partial charge in [-0.05, 0) is 12.1 Å². The highest BCUT2D eigenvalue weighted by Crippen LogP contribution is 2.23. The summed E-state index contributed by atoms with van der Waals surface area (Å²) < 4.78 is 4.62. The van der Waals surface area contributed by atoms with Gasteiger partial charge in [-0.2, -0.15) is 10.1 Å². The summed E-state index contributed by atoms with van der Waals surface area (Å²) in [4.78, 5) is 31.9. The van der Waals surface area contributed by atoms with Crippen molar-refractivity contribution in [2.75, 3.05) is 12.0 Å². The lowest BCUT2D eigenvalue weighted by Crippen LogP contribution is -2.34. The van der Waals surface area contributed by atoms with Crippen molar-refractivity contribution in [3.63, 3.8) is 0 Å². The molecule has 0 atom stereocenters. The normalized spacial score (nSPS) is 9.95. The first-order valence-electron chi connectivity index (χ1n) is 5.13. The smallest absolute Gasteiger partial charge is 0.341 e. The van der Waals surface area contributed by atoms with Gasteiger partial charge < -0.3 is 10.5 Å². The Morgan fingerprint density at radius 2 is 2.21 bits per heavy atom. The molecule has 3 N–H and O–H groups in total. The summed E-state index contributed by atoms with van der Waals surface area (Å²) in [7, 11) is 1.22. The van der Waals surface area contributed by atoms with E-state index in [9.17, 15) is 9.59 Å². The quantitative estimate of drug-likeness (QED) is 0.761. The number of hydrogen-bond donors (Lipinski definition) is 2. The van der Waals surface area contributed by atoms with Crippen molar-refractivity contribution in [3.8, 4) is 0 Å². The number of aromatic nitrogens is 4. The van der Waals surface area contributed by atoms with Gasteiger partial charge in [0.05, 0.1) is 7.11 Å². The fourth-order valence-electron chi connectivity index (χ4n) is 1.46. The number of amides is 2. The van der Waals surface area contributed by atoms with Crippen LogP contribution in [-0.2, 0) is 4.74 Å². The molecule has 0 aromatic carbocycles. The van der Waals surface area contributed by atoms with E-state index in [1.165, 1.54) is 31.8 Å². The van der Waals surface area contributed by atoms with Crippen molar-refractivity contribution < 1.29 is 14.3 Å². The maximum Gasteiger partial charge on any atom is 0.341 e. The van der Waals surface area contributed by atoms with Crippen LogP contribution in [0.5, 0.6) is 0 Å². The van der Waals surface area contributed by atoms with Crippen molar-refractivity contribution in [2.24, 2.45) is 5.73 Å². The lowest BCUT2D eigenvalue weighted by molar-refractivity contribution is 0.0601. The monoisotopic (exact) mass is 262 g/mol. The number of anilines is 2. The number of hydrogen-bond acceptors (Lipinski definition) is 6. The van der Waals surface area contributed by atoms with E-state index < -0.39 is 12.0 Å². The third-order valence-electron chi connectivity index (χ3n) is 2.24. The Morgan fingerprint density at radius 1 is 1.42 bits per heavy atom. The van der Waals surface area contributed by atoms with Crippen LogP contribution in [0.1, 0.15) is 10.4 Å². The number of esters is 1. The molecule has 0 aliphatic heterocycles. The molecule has 0 unspecified atom stereocenters. The number of ether oxygens (including phenoxy) is 1. The van der Waals surface area contributed by atoms with Gasteiger partial charge in [0, 0.05) is 6.20 Å². The summed E-state index contributed by atoms with van der Waals surface area (Å²) >= 11 is 0. The minimum Gasteiger partial charge on any atom is -0.465 e. The van der Waals surface area contributed by atoms with Gasteiger partial charge in [0.15, 0.2) is 5.82 Å². The number of H-pyrrole nitrogens is 1. The number of nitrogens with zero attached hydrogens (tertiary/aromatic N) is 4. The average Bonchev–Trinajstić information content (AvgIpc) is 2.92. The molecule has 2 amide bonds. The molecule has 0 spiro atoms. The van der Waals surface area contributed by atoms with Crippen LogP contribution < -0.4 is 10.6 Å². The summed E-state index contributed by atoms with van der Waals surface area (Å²) in [5, 5.41) is 6.09. The molecule has 0 radical (unpaired) electrons. The van der Waals surface area contributed by atoms with Crippen molar-refractivity contribution in [2.45, 2.75) is 0 Å². The summed E-state index contributed by atoms with van der Waals surface area (Å²) in [6, 6.07) is 2.14. The van der Waals surface area contributed by atoms with Crippen LogP contribution in [-0.4, -0.2) is 39.3 Å². The number of pyridine rings is 1. The fraction of sp³-hybridized carbons (Fsp3) is 0.100. The number of aromatic amines is 1. The van der Waals surface area contributed by atoms with Crippen molar-refractivity contribution >= 4 is 23.8 Å². The zero-order valence-electron chi connectivity index (χ0n) is 9.90. The van der Waals surface area contributed by atoms with Gasteiger partial charge in [0.2, 0.25) is 5.95 Å². The number of urea groups is 1. The molecule has 98 valence electrons. The minimum atomic E-state index is -0.861. The highest BCUT2D eigenvalue weighted by molar-refractivity contribution is 6.03. The van der Waals surface area contributed by atoms with Gasteiger partial charge in [0.1, 0.15) is 11.9 Å². The molecule has 0 saturated heterocycles. The molecule has 0 fully saturated rings. The Hall–Kier alpha value is -2.97. The average molecular weight is 262 g/mol. The summed E-state index contributed by atoms with van der Waals surface area (Å²) in [6.07, 6.45) is 2.61. The summed E-state index contributed by atoms with van der Waals surface area (Å²) in [5.41, 5.74) is 5.36.